The lowest BCUT2D eigenvalue weighted by atomic mass is 10.1. The van der Waals surface area contributed by atoms with Crippen molar-refractivity contribution in [2.24, 2.45) is 0 Å². The Bertz CT molecular complexity index is 653. The molecule has 1 heterocycles. The van der Waals surface area contributed by atoms with Gasteiger partial charge in [0.2, 0.25) is 0 Å². The number of aldehydes is 1. The molecule has 2 aromatic carbocycles. The Balaban J connectivity index is 1.84. The van der Waals surface area contributed by atoms with Crippen LogP contribution >= 0.6 is 0 Å². The molecule has 0 spiro atoms. The summed E-state index contributed by atoms with van der Waals surface area (Å²) >= 11 is 0. The van der Waals surface area contributed by atoms with Crippen molar-refractivity contribution in [1.82, 2.24) is 5.32 Å². The molecule has 4 nitrogen and oxygen atoms in total. The average molecular weight is 295 g/mol. The van der Waals surface area contributed by atoms with Crippen LogP contribution in [0.5, 0.6) is 0 Å². The van der Waals surface area contributed by atoms with Crippen molar-refractivity contribution < 1.29 is 14.3 Å². The van der Waals surface area contributed by atoms with E-state index in [1.807, 2.05) is 60.7 Å². The van der Waals surface area contributed by atoms with Gasteiger partial charge in [0, 0.05) is 11.1 Å². The molecule has 22 heavy (non-hydrogen) atoms. The second-order valence-electron chi connectivity index (χ2n) is 4.93. The zero-order valence-corrected chi connectivity index (χ0v) is 12.1. The van der Waals surface area contributed by atoms with E-state index in [0.717, 1.165) is 23.1 Å². The summed E-state index contributed by atoms with van der Waals surface area (Å²) in [5.74, 6) is 0. The van der Waals surface area contributed by atoms with Crippen LogP contribution in [0.3, 0.4) is 0 Å². The Hall–Kier alpha value is -2.43. The minimum Gasteiger partial charge on any atom is -0.362 e. The summed E-state index contributed by atoms with van der Waals surface area (Å²) in [6.07, 6.45) is 0.351. The topological polar surface area (TPSA) is 47.6 Å². The van der Waals surface area contributed by atoms with Gasteiger partial charge in [-0.2, -0.15) is 0 Å². The minimum absolute atomic E-state index is 0.195. The van der Waals surface area contributed by atoms with Crippen molar-refractivity contribution in [2.45, 2.75) is 6.29 Å². The third-order valence-corrected chi connectivity index (χ3v) is 3.47. The summed E-state index contributed by atoms with van der Waals surface area (Å²) < 4.78 is 11.5. The standard InChI is InChI=1S/C18H17NO3/c20-11-16-12-21-18(15-9-5-2-6-10-15)22-13-19-17(16)14-7-3-1-4-8-14/h1-11,18-19H,12-13H2/b17-16-. The maximum atomic E-state index is 11.4. The van der Waals surface area contributed by atoms with E-state index in [4.69, 9.17) is 9.47 Å². The number of benzene rings is 2. The molecule has 0 saturated heterocycles. The molecular formula is C18H17NO3. The van der Waals surface area contributed by atoms with Gasteiger partial charge < -0.3 is 14.8 Å². The van der Waals surface area contributed by atoms with Gasteiger partial charge in [0.05, 0.1) is 12.3 Å². The maximum absolute atomic E-state index is 11.4. The summed E-state index contributed by atoms with van der Waals surface area (Å²) in [6.45, 7) is 0.460. The van der Waals surface area contributed by atoms with E-state index in [2.05, 4.69) is 5.32 Å². The van der Waals surface area contributed by atoms with Gasteiger partial charge in [-0.3, -0.25) is 4.79 Å². The van der Waals surface area contributed by atoms with E-state index in [1.54, 1.807) is 0 Å². The molecule has 4 heteroatoms. The van der Waals surface area contributed by atoms with Crippen LogP contribution < -0.4 is 5.32 Å². The zero-order valence-electron chi connectivity index (χ0n) is 12.1. The molecule has 0 bridgehead atoms. The predicted molar refractivity (Wildman–Crippen MR) is 83.6 cm³/mol. The van der Waals surface area contributed by atoms with Gasteiger partial charge in [-0.05, 0) is 5.56 Å². The SMILES string of the molecule is O=C/C1=C(\c2ccccc2)NCOC(c2ccccc2)OC1. The van der Waals surface area contributed by atoms with Crippen molar-refractivity contribution in [3.63, 3.8) is 0 Å². The summed E-state index contributed by atoms with van der Waals surface area (Å²) in [5.41, 5.74) is 3.20. The van der Waals surface area contributed by atoms with Crippen LogP contribution in [0.1, 0.15) is 17.4 Å². The number of ether oxygens (including phenoxy) is 2. The number of carbonyl (C=O) groups is 1. The molecule has 1 aliphatic rings. The van der Waals surface area contributed by atoms with Crippen LogP contribution in [0.2, 0.25) is 0 Å². The Morgan fingerprint density at radius 3 is 2.32 bits per heavy atom. The molecule has 1 aliphatic heterocycles. The lowest BCUT2D eigenvalue weighted by Crippen LogP contribution is -2.26. The Morgan fingerprint density at radius 2 is 1.64 bits per heavy atom. The van der Waals surface area contributed by atoms with Crippen molar-refractivity contribution in [1.29, 1.82) is 0 Å². The van der Waals surface area contributed by atoms with E-state index in [-0.39, 0.29) is 13.3 Å². The van der Waals surface area contributed by atoms with Crippen molar-refractivity contribution in [2.75, 3.05) is 13.3 Å². The first-order valence-corrected chi connectivity index (χ1v) is 7.14. The molecule has 2 aromatic rings. The van der Waals surface area contributed by atoms with E-state index in [9.17, 15) is 4.79 Å². The van der Waals surface area contributed by atoms with Gasteiger partial charge >= 0.3 is 0 Å². The summed E-state index contributed by atoms with van der Waals surface area (Å²) in [7, 11) is 0. The highest BCUT2D eigenvalue weighted by Crippen LogP contribution is 2.24. The van der Waals surface area contributed by atoms with Gasteiger partial charge in [-0.25, -0.2) is 0 Å². The zero-order chi connectivity index (χ0) is 15.2. The van der Waals surface area contributed by atoms with Crippen molar-refractivity contribution in [3.8, 4) is 0 Å². The highest BCUT2D eigenvalue weighted by Gasteiger charge is 2.18. The fourth-order valence-electron chi connectivity index (χ4n) is 2.38. The monoisotopic (exact) mass is 295 g/mol. The highest BCUT2D eigenvalue weighted by atomic mass is 16.7. The lowest BCUT2D eigenvalue weighted by molar-refractivity contribution is -0.146. The Morgan fingerprint density at radius 1 is 0.955 bits per heavy atom. The lowest BCUT2D eigenvalue weighted by Gasteiger charge is -2.24. The molecule has 0 amide bonds. The van der Waals surface area contributed by atoms with Gasteiger partial charge in [0.15, 0.2) is 6.29 Å². The third-order valence-electron chi connectivity index (χ3n) is 3.47. The van der Waals surface area contributed by atoms with Crippen LogP contribution in [0.15, 0.2) is 66.2 Å². The second-order valence-corrected chi connectivity index (χ2v) is 4.93. The normalized spacial score (nSPS) is 22.3. The van der Waals surface area contributed by atoms with E-state index in [1.165, 1.54) is 0 Å². The van der Waals surface area contributed by atoms with Crippen LogP contribution in [-0.2, 0) is 14.3 Å². The quantitative estimate of drug-likeness (QED) is 0.885. The van der Waals surface area contributed by atoms with E-state index >= 15 is 0 Å². The smallest absolute Gasteiger partial charge is 0.186 e. The van der Waals surface area contributed by atoms with E-state index in [0.29, 0.717) is 5.57 Å². The van der Waals surface area contributed by atoms with Crippen LogP contribution in [-0.4, -0.2) is 19.6 Å². The summed E-state index contributed by atoms with van der Waals surface area (Å²) in [4.78, 5) is 11.4. The number of nitrogens with one attached hydrogen (secondary N) is 1. The summed E-state index contributed by atoms with van der Waals surface area (Å²) in [5, 5.41) is 3.18. The molecular weight excluding hydrogens is 278 g/mol. The number of hydrogen-bond donors (Lipinski definition) is 1. The molecule has 3 rings (SSSR count). The first-order valence-electron chi connectivity index (χ1n) is 7.14. The van der Waals surface area contributed by atoms with Gasteiger partial charge in [-0.15, -0.1) is 0 Å². The third kappa shape index (κ3) is 3.24. The average Bonchev–Trinajstić information content (AvgIpc) is 2.57. The highest BCUT2D eigenvalue weighted by molar-refractivity contribution is 5.87. The predicted octanol–water partition coefficient (Wildman–Crippen LogP) is 2.89. The van der Waals surface area contributed by atoms with E-state index < -0.39 is 6.29 Å². The molecule has 0 saturated carbocycles. The second kappa shape index (κ2) is 7.02. The van der Waals surface area contributed by atoms with Gasteiger partial charge in [0.1, 0.15) is 13.0 Å². The fraction of sp³-hybridized carbons (Fsp3) is 0.167. The minimum atomic E-state index is -0.485. The number of carbonyl (C=O) groups excluding carboxylic acids is 1. The molecule has 0 aromatic heterocycles. The number of rotatable bonds is 3. The molecule has 0 fully saturated rings. The van der Waals surface area contributed by atoms with Crippen molar-refractivity contribution >= 4 is 12.0 Å². The molecule has 0 radical (unpaired) electrons. The molecule has 0 aliphatic carbocycles. The van der Waals surface area contributed by atoms with Crippen molar-refractivity contribution in [3.05, 3.63) is 77.4 Å². The molecule has 1 N–H and O–H groups in total. The van der Waals surface area contributed by atoms with Gasteiger partial charge in [0.25, 0.3) is 0 Å². The van der Waals surface area contributed by atoms with Crippen LogP contribution in [0.4, 0.5) is 0 Å². The number of hydrogen-bond acceptors (Lipinski definition) is 4. The Kier molecular flexibility index (Phi) is 4.63. The largest absolute Gasteiger partial charge is 0.362 e. The first kappa shape index (κ1) is 14.5. The molecule has 112 valence electrons. The molecule has 1 unspecified atom stereocenters. The van der Waals surface area contributed by atoms with Crippen LogP contribution in [0.25, 0.3) is 5.70 Å². The first-order chi connectivity index (χ1) is 10.9. The van der Waals surface area contributed by atoms with Crippen LogP contribution in [0, 0.1) is 0 Å². The van der Waals surface area contributed by atoms with Gasteiger partial charge in [-0.1, -0.05) is 60.7 Å². The molecule has 1 atom stereocenters. The summed E-state index contributed by atoms with van der Waals surface area (Å²) in [6, 6.07) is 19.4. The Labute approximate surface area is 129 Å². The fourth-order valence-corrected chi connectivity index (χ4v) is 2.38. The maximum Gasteiger partial charge on any atom is 0.186 e.